The van der Waals surface area contributed by atoms with Gasteiger partial charge in [-0.05, 0) is 222 Å². The van der Waals surface area contributed by atoms with Crippen molar-refractivity contribution in [1.82, 2.24) is 0 Å². The summed E-state index contributed by atoms with van der Waals surface area (Å²) < 4.78 is 40.6. The maximum absolute atomic E-state index is 14.3. The average Bonchev–Trinajstić information content (AvgIpc) is 0.810. The number of aryl methyl sites for hydroxylation is 1. The van der Waals surface area contributed by atoms with E-state index in [9.17, 15) is 29.9 Å². The summed E-state index contributed by atoms with van der Waals surface area (Å²) >= 11 is 0. The maximum Gasteiger partial charge on any atom is 0.165 e. The zero-order valence-corrected chi connectivity index (χ0v) is 78.7. The highest BCUT2D eigenvalue weighted by Gasteiger charge is 2.25. The molecule has 0 aliphatic carbocycles. The topological polar surface area (TPSA) is 164 Å². The van der Waals surface area contributed by atoms with Gasteiger partial charge in [0.05, 0.1) is 35.5 Å². The van der Waals surface area contributed by atoms with Crippen molar-refractivity contribution in [3.05, 3.63) is 282 Å². The molecular formula is C105H123FN5O10P5. The van der Waals surface area contributed by atoms with Crippen LogP contribution in [0.4, 0.5) is 32.8 Å². The molecule has 5 atom stereocenters. The van der Waals surface area contributed by atoms with Crippen molar-refractivity contribution in [2.24, 2.45) is 0 Å². The molecule has 0 amide bonds. The number of phenolic OH excluding ortho intramolecular Hbond substituents is 5. The molecule has 5 fully saturated rings. The molecular weight excluding hydrogens is 1670 g/mol. The summed E-state index contributed by atoms with van der Waals surface area (Å²) in [5.74, 6) is 4.24. The molecule has 0 saturated carbocycles. The summed E-state index contributed by atoms with van der Waals surface area (Å²) in [6, 6.07) is 82.7. The Morgan fingerprint density at radius 3 is 1.12 bits per heavy atom. The van der Waals surface area contributed by atoms with Crippen LogP contribution in [0.25, 0.3) is 0 Å². The van der Waals surface area contributed by atoms with Crippen LogP contribution in [-0.4, -0.2) is 127 Å². The number of anilines is 5. The molecule has 17 rings (SSSR count). The van der Waals surface area contributed by atoms with Gasteiger partial charge in [0.25, 0.3) is 0 Å². The Bertz CT molecular complexity index is 5390. The summed E-state index contributed by atoms with van der Waals surface area (Å²) in [6.45, 7) is 13.1. The second-order valence-corrected chi connectivity index (χ2v) is 38.9. The highest BCUT2D eigenvalue weighted by molar-refractivity contribution is 7.57. The Morgan fingerprint density at radius 1 is 0.270 bits per heavy atom. The molecule has 0 spiro atoms. The second kappa shape index (κ2) is 48.0. The number of benzene rings is 12. The Kier molecular flexibility index (Phi) is 35.6. The second-order valence-electron chi connectivity index (χ2n) is 32.3. The van der Waals surface area contributed by atoms with Gasteiger partial charge in [-0.25, -0.2) is 4.39 Å². The molecule has 0 radical (unpaired) electrons. The third-order valence-corrected chi connectivity index (χ3v) is 30.6. The standard InChI is InChI=1S/C31H31FNOP.C19H24NO3P.C19H24NO2P.2C18H22NO2P/c32-27-14-15-29(28(22-27)33-16-8-3-9-17-33)35-30-21-25(18-23-10-4-1-5-11-23)20-26(31(30)34)19-24-12-6-2-7-13-24;1-22-14-12-16(23-2)19(21)18(13-14)24-17-9-5-4-8-15(17)20-10-6-3-7-11-20;1-14-8-6-9-15(20-12-4-3-5-13-20)19(14)23-17-11-7-10-16(22-2)18(17)21;1-21-15-9-7-11-17(18(15)20)22-16-10-4-3-8-14(16)19-12-5-2-6-13-19;1-21-14-9-10-16(20)18(13-14)22-17-8-4-3-7-15(17)19-11-5-2-6-12-19/h1-2,4-7,10-15,20-22,34-35H,3,8-9,16-19H2;4-5,8-9,12-13,21,24H,3,6-7,10-11H2,1-2H3;6-11,21,23H,3-5,12-13H2,1-2H3;3-4,7-11,20,22H,2,5-6,12-13H2,1H3;3-4,7-10,13,20,22H,2,5-6,11-12H2,1H3. The van der Waals surface area contributed by atoms with Crippen molar-refractivity contribution in [2.45, 2.75) is 116 Å². The van der Waals surface area contributed by atoms with Crippen LogP contribution in [0.3, 0.4) is 0 Å². The fraction of sp³-hybridized carbons (Fsp3) is 0.314. The van der Waals surface area contributed by atoms with E-state index < -0.39 is 0 Å². The first-order chi connectivity index (χ1) is 61.6. The van der Waals surface area contributed by atoms with E-state index in [0.717, 1.165) is 134 Å². The SMILES string of the molecule is COc1cc(OC)c(O)c(Pc2ccccc2N2CCCCC2)c1.COc1ccc(O)c(Pc2ccccc2N2CCCCC2)c1.COc1cccc(Pc2c(C)cccc2N2CCCCC2)c1O.COc1cccc(Pc2ccccc2N2CCCCC2)c1O.Oc1c(Cc2ccccc2)cc(Cc2ccccc2)cc1Pc1ccc(F)cc1N1CCCCC1. The third kappa shape index (κ3) is 25.8. The average molecular weight is 1790 g/mol. The molecule has 21 heteroatoms. The van der Waals surface area contributed by atoms with Gasteiger partial charge in [0.1, 0.15) is 28.8 Å². The summed E-state index contributed by atoms with van der Waals surface area (Å²) in [5.41, 5.74) is 12.0. The lowest BCUT2D eigenvalue weighted by atomic mass is 9.98. The van der Waals surface area contributed by atoms with E-state index in [-0.39, 0.29) is 31.6 Å². The van der Waals surface area contributed by atoms with Gasteiger partial charge in [-0.15, -0.1) is 0 Å². The first-order valence-corrected chi connectivity index (χ1v) is 49.4. The van der Waals surface area contributed by atoms with E-state index in [0.29, 0.717) is 75.2 Å². The van der Waals surface area contributed by atoms with Crippen molar-refractivity contribution in [3.8, 4) is 57.5 Å². The zero-order valence-electron chi connectivity index (χ0n) is 73.7. The lowest BCUT2D eigenvalue weighted by Crippen LogP contribution is -2.33. The van der Waals surface area contributed by atoms with Crippen molar-refractivity contribution in [1.29, 1.82) is 0 Å². The molecule has 0 aromatic heterocycles. The summed E-state index contributed by atoms with van der Waals surface area (Å²) in [5, 5.41) is 63.5. The van der Waals surface area contributed by atoms with Crippen LogP contribution in [-0.2, 0) is 12.8 Å². The first kappa shape index (κ1) is 93.4. The summed E-state index contributed by atoms with van der Waals surface area (Å²) in [4.78, 5) is 12.2. The number of hydrogen-bond donors (Lipinski definition) is 5. The van der Waals surface area contributed by atoms with Gasteiger partial charge in [0.2, 0.25) is 0 Å². The largest absolute Gasteiger partial charge is 0.507 e. The van der Waals surface area contributed by atoms with Gasteiger partial charge >= 0.3 is 0 Å². The fourth-order valence-corrected chi connectivity index (χ4v) is 23.4. The quantitative estimate of drug-likeness (QED) is 0.0363. The maximum atomic E-state index is 14.3. The summed E-state index contributed by atoms with van der Waals surface area (Å²) in [6.07, 6.45) is 20.4. The Morgan fingerprint density at radius 2 is 0.643 bits per heavy atom. The van der Waals surface area contributed by atoms with Gasteiger partial charge < -0.3 is 73.7 Å². The molecule has 5 aliphatic rings. The smallest absolute Gasteiger partial charge is 0.165 e. The Hall–Kier alpha value is -10.3. The monoisotopic (exact) mass is 1790 g/mol. The van der Waals surface area contributed by atoms with E-state index >= 15 is 0 Å². The van der Waals surface area contributed by atoms with Gasteiger partial charge in [-0.1, -0.05) is 201 Å². The van der Waals surface area contributed by atoms with E-state index in [1.165, 1.54) is 150 Å². The van der Waals surface area contributed by atoms with Gasteiger partial charge in [-0.2, -0.15) is 0 Å². The minimum Gasteiger partial charge on any atom is -0.507 e. The third-order valence-electron chi connectivity index (χ3n) is 23.6. The number of rotatable bonds is 24. The molecule has 5 saturated heterocycles. The molecule has 5 N–H and O–H groups in total. The normalized spacial score (nSPS) is 14.9. The highest BCUT2D eigenvalue weighted by atomic mass is 31.1. The summed E-state index contributed by atoms with van der Waals surface area (Å²) in [7, 11) is 9.89. The fourth-order valence-electron chi connectivity index (χ4n) is 16.9. The lowest BCUT2D eigenvalue weighted by Gasteiger charge is -2.31. The molecule has 0 bridgehead atoms. The molecule has 5 aliphatic heterocycles. The number of halogens is 1. The van der Waals surface area contributed by atoms with Gasteiger partial charge in [-0.3, -0.25) is 0 Å². The number of aromatic hydroxyl groups is 5. The van der Waals surface area contributed by atoms with Crippen LogP contribution >= 0.6 is 42.9 Å². The van der Waals surface area contributed by atoms with Crippen molar-refractivity contribution in [2.75, 3.05) is 125 Å². The number of methoxy groups -OCH3 is 5. The van der Waals surface area contributed by atoms with Crippen molar-refractivity contribution >= 4 is 124 Å². The molecule has 15 nitrogen and oxygen atoms in total. The molecule has 660 valence electrons. The van der Waals surface area contributed by atoms with Crippen LogP contribution in [0, 0.1) is 12.7 Å². The predicted molar refractivity (Wildman–Crippen MR) is 537 cm³/mol. The first-order valence-electron chi connectivity index (χ1n) is 44.4. The minimum atomic E-state index is -0.203. The van der Waals surface area contributed by atoms with Gasteiger partial charge in [0, 0.05) is 159 Å². The molecule has 5 unspecified atom stereocenters. The van der Waals surface area contributed by atoms with Crippen LogP contribution in [0.5, 0.6) is 57.5 Å². The number of piperidine rings is 5. The Labute approximate surface area is 754 Å². The molecule has 126 heavy (non-hydrogen) atoms. The van der Waals surface area contributed by atoms with Crippen LogP contribution in [0.2, 0.25) is 0 Å². The number of para-hydroxylation sites is 5. The van der Waals surface area contributed by atoms with Crippen LogP contribution < -0.4 is 101 Å². The van der Waals surface area contributed by atoms with Crippen LogP contribution in [0.15, 0.2) is 249 Å². The highest BCUT2D eigenvalue weighted by Crippen LogP contribution is 2.39. The van der Waals surface area contributed by atoms with Crippen molar-refractivity contribution in [3.63, 3.8) is 0 Å². The van der Waals surface area contributed by atoms with E-state index in [1.54, 1.807) is 78.0 Å². The number of nitrogens with zero attached hydrogens (tertiary/aromatic N) is 5. The van der Waals surface area contributed by atoms with Gasteiger partial charge in [0.15, 0.2) is 34.5 Å². The minimum absolute atomic E-state index is 0.199. The van der Waals surface area contributed by atoms with E-state index in [2.05, 4.69) is 171 Å². The molecule has 12 aromatic rings. The Balaban J connectivity index is 0.000000137. The number of hydrogen-bond acceptors (Lipinski definition) is 15. The van der Waals surface area contributed by atoms with Crippen molar-refractivity contribution < 1.29 is 53.6 Å². The molecule has 5 heterocycles. The van der Waals surface area contributed by atoms with E-state index in [4.69, 9.17) is 23.7 Å². The van der Waals surface area contributed by atoms with E-state index in [1.807, 2.05) is 66.7 Å². The lowest BCUT2D eigenvalue weighted by molar-refractivity contribution is 0.366. The number of phenols is 5. The molecule has 12 aromatic carbocycles. The predicted octanol–water partition coefficient (Wildman–Crippen LogP) is 18.7. The van der Waals surface area contributed by atoms with Crippen LogP contribution in [0.1, 0.15) is 124 Å². The zero-order chi connectivity index (χ0) is 87.9. The number of ether oxygens (including phenoxy) is 5.